The maximum Gasteiger partial charge on any atom is 0.141 e. The Morgan fingerprint density at radius 1 is 0.676 bits per heavy atom. The van der Waals surface area contributed by atoms with Crippen molar-refractivity contribution in [2.75, 3.05) is 6.61 Å². The zero-order chi connectivity index (χ0) is 23.3. The molecule has 0 aliphatic heterocycles. The number of benzene rings is 4. The normalized spacial score (nSPS) is 11.9. The number of nitrogens with zero attached hydrogens (tertiary/aromatic N) is 2. The molecule has 168 valence electrons. The summed E-state index contributed by atoms with van der Waals surface area (Å²) in [4.78, 5) is 5.22. The SMILES string of the molecule is Cc1ccc(-c2nc(-c3ccccc3)c(-c3ccccc3)n2[C@H](CO)Cc2ccccc2)cc1. The van der Waals surface area contributed by atoms with Gasteiger partial charge in [-0.05, 0) is 18.9 Å². The van der Waals surface area contributed by atoms with Gasteiger partial charge < -0.3 is 9.67 Å². The molecule has 0 saturated heterocycles. The average molecular weight is 445 g/mol. The van der Waals surface area contributed by atoms with Crippen LogP contribution >= 0.6 is 0 Å². The lowest BCUT2D eigenvalue weighted by Gasteiger charge is -2.22. The summed E-state index contributed by atoms with van der Waals surface area (Å²) < 4.78 is 2.25. The Bertz CT molecular complexity index is 1340. The van der Waals surface area contributed by atoms with Crippen LogP contribution in [0.15, 0.2) is 115 Å². The fourth-order valence-corrected chi connectivity index (χ4v) is 4.49. The molecule has 1 heterocycles. The highest BCUT2D eigenvalue weighted by molar-refractivity contribution is 5.82. The first-order valence-corrected chi connectivity index (χ1v) is 11.7. The fraction of sp³-hybridized carbons (Fsp3) is 0.129. The lowest BCUT2D eigenvalue weighted by atomic mass is 10.0. The highest BCUT2D eigenvalue weighted by Gasteiger charge is 2.26. The quantitative estimate of drug-likeness (QED) is 0.294. The minimum Gasteiger partial charge on any atom is -0.394 e. The van der Waals surface area contributed by atoms with Gasteiger partial charge in [0.2, 0.25) is 0 Å². The van der Waals surface area contributed by atoms with Crippen molar-refractivity contribution in [3.8, 4) is 33.9 Å². The van der Waals surface area contributed by atoms with Gasteiger partial charge in [-0.2, -0.15) is 0 Å². The number of imidazole rings is 1. The molecule has 0 spiro atoms. The first kappa shape index (κ1) is 21.9. The molecular weight excluding hydrogens is 416 g/mol. The van der Waals surface area contributed by atoms with Gasteiger partial charge >= 0.3 is 0 Å². The van der Waals surface area contributed by atoms with Crippen molar-refractivity contribution in [3.63, 3.8) is 0 Å². The molecule has 1 aromatic heterocycles. The summed E-state index contributed by atoms with van der Waals surface area (Å²) in [6.07, 6.45) is 0.709. The van der Waals surface area contributed by atoms with Crippen LogP contribution in [0.25, 0.3) is 33.9 Å². The second-order valence-electron chi connectivity index (χ2n) is 8.63. The Morgan fingerprint density at radius 3 is 1.82 bits per heavy atom. The van der Waals surface area contributed by atoms with Crippen LogP contribution in [0, 0.1) is 6.92 Å². The maximum atomic E-state index is 10.7. The van der Waals surface area contributed by atoms with E-state index < -0.39 is 0 Å². The monoisotopic (exact) mass is 444 g/mol. The zero-order valence-corrected chi connectivity index (χ0v) is 19.3. The summed E-state index contributed by atoms with van der Waals surface area (Å²) in [5.74, 6) is 0.868. The van der Waals surface area contributed by atoms with Gasteiger partial charge in [0.15, 0.2) is 0 Å². The number of aryl methyl sites for hydroxylation is 1. The van der Waals surface area contributed by atoms with Crippen molar-refractivity contribution >= 4 is 0 Å². The van der Waals surface area contributed by atoms with E-state index >= 15 is 0 Å². The summed E-state index contributed by atoms with van der Waals surface area (Å²) in [6, 6.07) is 39.3. The molecule has 0 unspecified atom stereocenters. The van der Waals surface area contributed by atoms with Crippen LogP contribution in [0.3, 0.4) is 0 Å². The number of rotatable bonds is 7. The van der Waals surface area contributed by atoms with Crippen LogP contribution in [0.2, 0.25) is 0 Å². The third-order valence-corrected chi connectivity index (χ3v) is 6.21. The van der Waals surface area contributed by atoms with Gasteiger partial charge in [-0.3, -0.25) is 0 Å². The summed E-state index contributed by atoms with van der Waals surface area (Å²) in [5, 5.41) is 10.7. The lowest BCUT2D eigenvalue weighted by Crippen LogP contribution is -2.18. The van der Waals surface area contributed by atoms with Gasteiger partial charge in [-0.15, -0.1) is 0 Å². The Hall–Kier alpha value is -3.95. The van der Waals surface area contributed by atoms with E-state index in [9.17, 15) is 5.11 Å². The molecule has 0 aliphatic rings. The zero-order valence-electron chi connectivity index (χ0n) is 19.3. The maximum absolute atomic E-state index is 10.7. The van der Waals surface area contributed by atoms with Crippen molar-refractivity contribution in [3.05, 3.63) is 126 Å². The smallest absolute Gasteiger partial charge is 0.141 e. The summed E-state index contributed by atoms with van der Waals surface area (Å²) in [7, 11) is 0. The van der Waals surface area contributed by atoms with E-state index in [0.29, 0.717) is 6.42 Å². The van der Waals surface area contributed by atoms with E-state index in [1.54, 1.807) is 0 Å². The summed E-state index contributed by atoms with van der Waals surface area (Å²) in [6.45, 7) is 2.10. The third kappa shape index (κ3) is 4.43. The molecule has 0 bridgehead atoms. The molecule has 1 N–H and O–H groups in total. The Morgan fingerprint density at radius 2 is 1.24 bits per heavy atom. The van der Waals surface area contributed by atoms with Crippen LogP contribution in [0.4, 0.5) is 0 Å². The van der Waals surface area contributed by atoms with E-state index in [-0.39, 0.29) is 12.6 Å². The predicted octanol–water partition coefficient (Wildman–Crippen LogP) is 6.97. The molecule has 1 atom stereocenters. The van der Waals surface area contributed by atoms with Crippen LogP contribution in [0.1, 0.15) is 17.2 Å². The van der Waals surface area contributed by atoms with Gasteiger partial charge in [-0.25, -0.2) is 4.98 Å². The summed E-state index contributed by atoms with van der Waals surface area (Å²) in [5.41, 5.74) is 7.52. The van der Waals surface area contributed by atoms with Crippen molar-refractivity contribution in [1.82, 2.24) is 9.55 Å². The molecule has 0 amide bonds. The van der Waals surface area contributed by atoms with E-state index in [1.165, 1.54) is 11.1 Å². The molecule has 0 saturated carbocycles. The molecule has 5 aromatic rings. The predicted molar refractivity (Wildman–Crippen MR) is 140 cm³/mol. The average Bonchev–Trinajstić information content (AvgIpc) is 3.30. The number of hydrogen-bond donors (Lipinski definition) is 1. The molecule has 4 aromatic carbocycles. The van der Waals surface area contributed by atoms with Gasteiger partial charge in [0, 0.05) is 16.7 Å². The van der Waals surface area contributed by atoms with E-state index in [4.69, 9.17) is 4.98 Å². The van der Waals surface area contributed by atoms with Gasteiger partial charge in [0.1, 0.15) is 5.82 Å². The molecule has 3 heteroatoms. The minimum atomic E-state index is -0.168. The highest BCUT2D eigenvalue weighted by atomic mass is 16.3. The molecule has 0 fully saturated rings. The first-order valence-electron chi connectivity index (χ1n) is 11.7. The second kappa shape index (κ2) is 9.90. The summed E-state index contributed by atoms with van der Waals surface area (Å²) >= 11 is 0. The van der Waals surface area contributed by atoms with E-state index in [1.807, 2.05) is 42.5 Å². The van der Waals surface area contributed by atoms with Crippen molar-refractivity contribution < 1.29 is 5.11 Å². The highest BCUT2D eigenvalue weighted by Crippen LogP contribution is 2.39. The second-order valence-corrected chi connectivity index (χ2v) is 8.63. The largest absolute Gasteiger partial charge is 0.394 e. The topological polar surface area (TPSA) is 38.0 Å². The van der Waals surface area contributed by atoms with Crippen molar-refractivity contribution in [2.24, 2.45) is 0 Å². The number of aliphatic hydroxyl groups excluding tert-OH is 1. The number of aromatic nitrogens is 2. The Kier molecular flexibility index (Phi) is 6.37. The third-order valence-electron chi connectivity index (χ3n) is 6.21. The van der Waals surface area contributed by atoms with Gasteiger partial charge in [-0.1, -0.05) is 121 Å². The van der Waals surface area contributed by atoms with Crippen molar-refractivity contribution in [2.45, 2.75) is 19.4 Å². The first-order chi connectivity index (χ1) is 16.7. The molecule has 5 rings (SSSR count). The lowest BCUT2D eigenvalue weighted by molar-refractivity contribution is 0.229. The fourth-order valence-electron chi connectivity index (χ4n) is 4.49. The molecule has 0 radical (unpaired) electrons. The molecule has 34 heavy (non-hydrogen) atoms. The van der Waals surface area contributed by atoms with Crippen LogP contribution < -0.4 is 0 Å². The number of aliphatic hydroxyl groups is 1. The molecular formula is C31H28N2O. The van der Waals surface area contributed by atoms with Crippen LogP contribution in [-0.4, -0.2) is 21.3 Å². The van der Waals surface area contributed by atoms with Crippen LogP contribution in [0.5, 0.6) is 0 Å². The Balaban J connectivity index is 1.78. The van der Waals surface area contributed by atoms with E-state index in [0.717, 1.165) is 33.9 Å². The van der Waals surface area contributed by atoms with Gasteiger partial charge in [0.25, 0.3) is 0 Å². The molecule has 0 aliphatic carbocycles. The molecule has 3 nitrogen and oxygen atoms in total. The van der Waals surface area contributed by atoms with E-state index in [2.05, 4.69) is 84.3 Å². The Labute approximate surface area is 201 Å². The van der Waals surface area contributed by atoms with Crippen LogP contribution in [-0.2, 0) is 6.42 Å². The van der Waals surface area contributed by atoms with Crippen molar-refractivity contribution in [1.29, 1.82) is 0 Å². The minimum absolute atomic E-state index is 0.0121. The standard InChI is InChI=1S/C31H28N2O/c1-23-17-19-27(20-18-23)31-32-29(25-13-7-3-8-14-25)30(26-15-9-4-10-16-26)33(31)28(22-34)21-24-11-5-2-6-12-24/h2-20,28,34H,21-22H2,1H3/t28-/m0/s1. The van der Waals surface area contributed by atoms with Gasteiger partial charge in [0.05, 0.1) is 24.0 Å². The number of hydrogen-bond acceptors (Lipinski definition) is 2.